The van der Waals surface area contributed by atoms with Crippen LogP contribution in [-0.4, -0.2) is 53.5 Å². The van der Waals surface area contributed by atoms with Crippen LogP contribution in [0.1, 0.15) is 12.0 Å². The van der Waals surface area contributed by atoms with Crippen molar-refractivity contribution >= 4 is 35.6 Å². The van der Waals surface area contributed by atoms with Crippen molar-refractivity contribution in [2.24, 2.45) is 4.99 Å². The standard InChI is InChI=1S/C22H28F2N4O3.HI/c1-25-22(26-12-14-5-8-19(29-2)21(31-4)20(14)30-3)27-16-9-10-28(13-16)18-7-6-15(23)11-17(18)24;/h5-8,11,16H,9-10,12-13H2,1-4H3,(H2,25,26,27);1H. The second-order valence-corrected chi connectivity index (χ2v) is 7.09. The predicted molar refractivity (Wildman–Crippen MR) is 132 cm³/mol. The van der Waals surface area contributed by atoms with E-state index < -0.39 is 11.6 Å². The van der Waals surface area contributed by atoms with Crippen LogP contribution in [0, 0.1) is 11.6 Å². The fourth-order valence-electron chi connectivity index (χ4n) is 3.70. The lowest BCUT2D eigenvalue weighted by molar-refractivity contribution is 0.322. The zero-order valence-electron chi connectivity index (χ0n) is 18.6. The van der Waals surface area contributed by atoms with E-state index >= 15 is 0 Å². The Hall–Kier alpha value is -2.50. The molecule has 0 bridgehead atoms. The zero-order valence-corrected chi connectivity index (χ0v) is 20.9. The van der Waals surface area contributed by atoms with E-state index in [1.165, 1.54) is 12.1 Å². The number of benzene rings is 2. The summed E-state index contributed by atoms with van der Waals surface area (Å²) in [5.74, 6) is 1.19. The third kappa shape index (κ3) is 5.84. The summed E-state index contributed by atoms with van der Waals surface area (Å²) in [5.41, 5.74) is 1.29. The molecule has 0 saturated carbocycles. The lowest BCUT2D eigenvalue weighted by atomic mass is 10.1. The van der Waals surface area contributed by atoms with E-state index in [0.717, 1.165) is 18.1 Å². The van der Waals surface area contributed by atoms with E-state index in [-0.39, 0.29) is 30.0 Å². The Bertz CT molecular complexity index is 946. The molecule has 2 N–H and O–H groups in total. The molecule has 1 aliphatic rings. The average molecular weight is 562 g/mol. The van der Waals surface area contributed by atoms with Gasteiger partial charge in [-0.2, -0.15) is 0 Å². The minimum absolute atomic E-state index is 0. The molecule has 1 heterocycles. The van der Waals surface area contributed by atoms with Crippen molar-refractivity contribution in [3.05, 3.63) is 47.5 Å². The first kappa shape index (κ1) is 25.8. The second-order valence-electron chi connectivity index (χ2n) is 7.09. The molecule has 32 heavy (non-hydrogen) atoms. The van der Waals surface area contributed by atoms with Crippen molar-refractivity contribution in [1.29, 1.82) is 0 Å². The number of nitrogens with zero attached hydrogens (tertiary/aromatic N) is 2. The van der Waals surface area contributed by atoms with Crippen LogP contribution in [0.5, 0.6) is 17.2 Å². The summed E-state index contributed by atoms with van der Waals surface area (Å²) in [4.78, 5) is 6.18. The molecule has 1 aliphatic heterocycles. The Balaban J connectivity index is 0.00000363. The molecule has 3 rings (SSSR count). The summed E-state index contributed by atoms with van der Waals surface area (Å²) in [6.07, 6.45) is 0.803. The lowest BCUT2D eigenvalue weighted by Crippen LogP contribution is -2.44. The highest BCUT2D eigenvalue weighted by Crippen LogP contribution is 2.39. The molecule has 0 aromatic heterocycles. The third-order valence-corrected chi connectivity index (χ3v) is 5.24. The van der Waals surface area contributed by atoms with Gasteiger partial charge in [-0.05, 0) is 30.7 Å². The zero-order chi connectivity index (χ0) is 22.4. The molecule has 0 spiro atoms. The van der Waals surface area contributed by atoms with E-state index in [0.29, 0.717) is 48.5 Å². The van der Waals surface area contributed by atoms with Crippen molar-refractivity contribution in [3.8, 4) is 17.2 Å². The van der Waals surface area contributed by atoms with Crippen molar-refractivity contribution < 1.29 is 23.0 Å². The molecule has 1 atom stereocenters. The molecule has 7 nitrogen and oxygen atoms in total. The second kappa shape index (κ2) is 11.9. The summed E-state index contributed by atoms with van der Waals surface area (Å²) in [6.45, 7) is 1.70. The minimum atomic E-state index is -0.578. The van der Waals surface area contributed by atoms with Gasteiger partial charge in [-0.1, -0.05) is 0 Å². The first-order valence-electron chi connectivity index (χ1n) is 9.95. The first-order valence-corrected chi connectivity index (χ1v) is 9.95. The van der Waals surface area contributed by atoms with Gasteiger partial charge < -0.3 is 29.7 Å². The van der Waals surface area contributed by atoms with Crippen LogP contribution in [0.3, 0.4) is 0 Å². The Morgan fingerprint density at radius 3 is 2.47 bits per heavy atom. The third-order valence-electron chi connectivity index (χ3n) is 5.24. The van der Waals surface area contributed by atoms with E-state index in [1.807, 2.05) is 17.0 Å². The molecule has 1 fully saturated rings. The summed E-state index contributed by atoms with van der Waals surface area (Å²) < 4.78 is 43.5. The monoisotopic (exact) mass is 562 g/mol. The fraction of sp³-hybridized carbons (Fsp3) is 0.409. The largest absolute Gasteiger partial charge is 0.493 e. The Labute approximate surface area is 204 Å². The number of aliphatic imine (C=N–C) groups is 1. The summed E-state index contributed by atoms with van der Waals surface area (Å²) >= 11 is 0. The van der Waals surface area contributed by atoms with Crippen LogP contribution in [0.25, 0.3) is 0 Å². The number of ether oxygens (including phenoxy) is 3. The molecule has 0 amide bonds. The number of hydrogen-bond acceptors (Lipinski definition) is 5. The molecule has 0 radical (unpaired) electrons. The number of rotatable bonds is 7. The van der Waals surface area contributed by atoms with Crippen molar-refractivity contribution in [2.45, 2.75) is 19.0 Å². The van der Waals surface area contributed by atoms with Crippen LogP contribution >= 0.6 is 24.0 Å². The average Bonchev–Trinajstić information content (AvgIpc) is 3.23. The SMILES string of the molecule is CN=C(NCc1ccc(OC)c(OC)c1OC)NC1CCN(c2ccc(F)cc2F)C1.I. The van der Waals surface area contributed by atoms with E-state index in [1.54, 1.807) is 28.4 Å². The van der Waals surface area contributed by atoms with Crippen molar-refractivity contribution in [1.82, 2.24) is 10.6 Å². The number of nitrogens with one attached hydrogen (secondary N) is 2. The van der Waals surface area contributed by atoms with Crippen molar-refractivity contribution in [2.75, 3.05) is 46.4 Å². The maximum Gasteiger partial charge on any atom is 0.203 e. The number of anilines is 1. The molecule has 176 valence electrons. The predicted octanol–water partition coefficient (Wildman–Crippen LogP) is 3.55. The molecule has 10 heteroatoms. The molecule has 2 aromatic carbocycles. The van der Waals surface area contributed by atoms with Gasteiger partial charge in [0.2, 0.25) is 5.75 Å². The number of halogens is 3. The molecular weight excluding hydrogens is 533 g/mol. The van der Waals surface area contributed by atoms with Crippen LogP contribution in [0.15, 0.2) is 35.3 Å². The van der Waals surface area contributed by atoms with Gasteiger partial charge in [-0.25, -0.2) is 8.78 Å². The van der Waals surface area contributed by atoms with Gasteiger partial charge in [0.1, 0.15) is 11.6 Å². The topological polar surface area (TPSA) is 67.4 Å². The van der Waals surface area contributed by atoms with Gasteiger partial charge in [0, 0.05) is 44.4 Å². The highest BCUT2D eigenvalue weighted by Gasteiger charge is 2.25. The highest BCUT2D eigenvalue weighted by atomic mass is 127. The lowest BCUT2D eigenvalue weighted by Gasteiger charge is -2.21. The van der Waals surface area contributed by atoms with Gasteiger partial charge in [0.05, 0.1) is 27.0 Å². The van der Waals surface area contributed by atoms with Crippen LogP contribution in [-0.2, 0) is 6.54 Å². The van der Waals surface area contributed by atoms with Gasteiger partial charge in [-0.15, -0.1) is 24.0 Å². The van der Waals surface area contributed by atoms with E-state index in [4.69, 9.17) is 14.2 Å². The Morgan fingerprint density at radius 2 is 1.84 bits per heavy atom. The molecule has 0 aliphatic carbocycles. The van der Waals surface area contributed by atoms with Gasteiger partial charge in [0.25, 0.3) is 0 Å². The molecule has 2 aromatic rings. The Morgan fingerprint density at radius 1 is 1.09 bits per heavy atom. The van der Waals surface area contributed by atoms with Gasteiger partial charge in [0.15, 0.2) is 17.5 Å². The normalized spacial score (nSPS) is 15.8. The van der Waals surface area contributed by atoms with Crippen LogP contribution in [0.2, 0.25) is 0 Å². The van der Waals surface area contributed by atoms with E-state index in [9.17, 15) is 8.78 Å². The highest BCUT2D eigenvalue weighted by molar-refractivity contribution is 14.0. The summed E-state index contributed by atoms with van der Waals surface area (Å²) in [7, 11) is 6.40. The molecular formula is C22H29F2IN4O3. The summed E-state index contributed by atoms with van der Waals surface area (Å²) in [5, 5.41) is 6.63. The number of hydrogen-bond donors (Lipinski definition) is 2. The van der Waals surface area contributed by atoms with Crippen molar-refractivity contribution in [3.63, 3.8) is 0 Å². The summed E-state index contributed by atoms with van der Waals surface area (Å²) in [6, 6.07) is 7.45. The molecule has 1 unspecified atom stereocenters. The number of methoxy groups -OCH3 is 3. The smallest absolute Gasteiger partial charge is 0.203 e. The number of guanidine groups is 1. The Kier molecular flexibility index (Phi) is 9.60. The maximum absolute atomic E-state index is 14.1. The van der Waals surface area contributed by atoms with Gasteiger partial charge in [-0.3, -0.25) is 4.99 Å². The first-order chi connectivity index (χ1) is 15.0. The van der Waals surface area contributed by atoms with Crippen LogP contribution < -0.4 is 29.7 Å². The maximum atomic E-state index is 14.1. The molecule has 1 saturated heterocycles. The fourth-order valence-corrected chi connectivity index (χ4v) is 3.70. The van der Waals surface area contributed by atoms with Crippen LogP contribution in [0.4, 0.5) is 14.5 Å². The van der Waals surface area contributed by atoms with E-state index in [2.05, 4.69) is 15.6 Å². The van der Waals surface area contributed by atoms with Gasteiger partial charge >= 0.3 is 0 Å². The minimum Gasteiger partial charge on any atom is -0.493 e. The quantitative estimate of drug-likeness (QED) is 0.306.